The van der Waals surface area contributed by atoms with Gasteiger partial charge in [-0.1, -0.05) is 20.8 Å². The Morgan fingerprint density at radius 1 is 1.24 bits per heavy atom. The number of imide groups is 1. The third-order valence-electron chi connectivity index (χ3n) is 5.53. The molecule has 0 aliphatic carbocycles. The number of methoxy groups -OCH3 is 1. The molecule has 1 saturated heterocycles. The van der Waals surface area contributed by atoms with E-state index < -0.39 is 40.0 Å². The van der Waals surface area contributed by atoms with Gasteiger partial charge < -0.3 is 15.2 Å². The van der Waals surface area contributed by atoms with Gasteiger partial charge in [0.2, 0.25) is 15.9 Å². The lowest BCUT2D eigenvalue weighted by molar-refractivity contribution is -0.120. The maximum absolute atomic E-state index is 13.4. The lowest BCUT2D eigenvalue weighted by atomic mass is 9.84. The van der Waals surface area contributed by atoms with Crippen LogP contribution in [0.2, 0.25) is 0 Å². The van der Waals surface area contributed by atoms with Crippen molar-refractivity contribution in [1.29, 1.82) is 0 Å². The molecule has 5 amide bonds. The fourth-order valence-electron chi connectivity index (χ4n) is 3.72. The number of carbonyl (C=O) groups is 4. The highest BCUT2D eigenvalue weighted by atomic mass is 32.2. The quantitative estimate of drug-likeness (QED) is 0.472. The van der Waals surface area contributed by atoms with Crippen molar-refractivity contribution in [2.75, 3.05) is 30.1 Å². The van der Waals surface area contributed by atoms with Crippen LogP contribution in [0.3, 0.4) is 0 Å². The molecule has 0 atom stereocenters. The van der Waals surface area contributed by atoms with Crippen LogP contribution in [-0.2, 0) is 26.8 Å². The van der Waals surface area contributed by atoms with Crippen molar-refractivity contribution >= 4 is 56.0 Å². The zero-order chi connectivity index (χ0) is 27.7. The molecule has 1 aromatic carbocycles. The first-order valence-corrected chi connectivity index (χ1v) is 13.8. The molecule has 1 aliphatic rings. The number of nitrogens with one attached hydrogen (secondary N) is 2. The average molecular weight is 553 g/mol. The van der Waals surface area contributed by atoms with Crippen LogP contribution in [-0.4, -0.2) is 61.7 Å². The molecule has 14 heteroatoms. The summed E-state index contributed by atoms with van der Waals surface area (Å²) in [6, 6.07) is 4.14. The normalized spacial score (nSPS) is 14.2. The summed E-state index contributed by atoms with van der Waals surface area (Å²) in [4.78, 5) is 50.2. The summed E-state index contributed by atoms with van der Waals surface area (Å²) < 4.78 is 29.4. The van der Waals surface area contributed by atoms with E-state index in [9.17, 15) is 32.7 Å². The number of amides is 5. The van der Waals surface area contributed by atoms with E-state index in [4.69, 9.17) is 4.74 Å². The molecule has 2 heterocycles. The van der Waals surface area contributed by atoms with Gasteiger partial charge in [-0.2, -0.15) is 0 Å². The monoisotopic (exact) mass is 552 g/mol. The number of carbonyl (C=O) groups excluding carboxylic acids is 3. The first kappa shape index (κ1) is 27.9. The van der Waals surface area contributed by atoms with Gasteiger partial charge >= 0.3 is 12.1 Å². The molecular formula is C23H28N4O8S2. The number of thiophene rings is 1. The van der Waals surface area contributed by atoms with Gasteiger partial charge in [0.1, 0.15) is 5.75 Å². The Labute approximate surface area is 218 Å². The van der Waals surface area contributed by atoms with Crippen LogP contribution >= 0.6 is 11.3 Å². The van der Waals surface area contributed by atoms with Crippen molar-refractivity contribution in [3.05, 3.63) is 40.3 Å². The molecule has 3 rings (SSSR count). The summed E-state index contributed by atoms with van der Waals surface area (Å²) >= 11 is 1.09. The molecular weight excluding hydrogens is 524 g/mol. The van der Waals surface area contributed by atoms with Gasteiger partial charge in [-0.25, -0.2) is 22.3 Å². The van der Waals surface area contributed by atoms with E-state index in [1.54, 1.807) is 11.4 Å². The lowest BCUT2D eigenvalue weighted by Gasteiger charge is -2.30. The highest BCUT2D eigenvalue weighted by molar-refractivity contribution is 7.88. The number of carboxylic acid groups (broad SMARTS) is 1. The minimum Gasteiger partial charge on any atom is -0.496 e. The Kier molecular flexibility index (Phi) is 7.83. The molecule has 3 N–H and O–H groups in total. The number of urea groups is 1. The Hall–Kier alpha value is -3.65. The van der Waals surface area contributed by atoms with E-state index in [-0.39, 0.29) is 24.4 Å². The Bertz CT molecular complexity index is 1360. The standard InChI is InChI=1S/C23H28N4O8S2/c1-23(2,3)16-10-14(26-7-6-17(28)24-21(26)30)9-15(19(16)35-4)20(29)25-18-8-13(12-36-18)11-27(22(31)32)37(5,33)34/h8-10,12H,6-7,11H2,1-5H3,(H,25,29)(H,31,32)(H,24,28,30). The van der Waals surface area contributed by atoms with Crippen LogP contribution in [0, 0.1) is 0 Å². The second kappa shape index (κ2) is 10.4. The molecule has 1 aliphatic heterocycles. The Morgan fingerprint density at radius 2 is 1.92 bits per heavy atom. The van der Waals surface area contributed by atoms with Crippen molar-refractivity contribution < 1.29 is 37.4 Å². The van der Waals surface area contributed by atoms with Gasteiger partial charge in [0.05, 0.1) is 30.5 Å². The van der Waals surface area contributed by atoms with E-state index in [2.05, 4.69) is 10.6 Å². The molecule has 200 valence electrons. The van der Waals surface area contributed by atoms with E-state index >= 15 is 0 Å². The average Bonchev–Trinajstić information content (AvgIpc) is 3.22. The van der Waals surface area contributed by atoms with Gasteiger partial charge in [-0.15, -0.1) is 11.3 Å². The van der Waals surface area contributed by atoms with Crippen LogP contribution in [0.1, 0.15) is 48.7 Å². The van der Waals surface area contributed by atoms with Crippen LogP contribution in [0.4, 0.5) is 20.3 Å². The fourth-order valence-corrected chi connectivity index (χ4v) is 5.18. The molecule has 12 nitrogen and oxygen atoms in total. The van der Waals surface area contributed by atoms with Gasteiger partial charge in [-0.3, -0.25) is 19.8 Å². The third kappa shape index (κ3) is 6.38. The second-order valence-corrected chi connectivity index (χ2v) is 12.2. The highest BCUT2D eigenvalue weighted by Crippen LogP contribution is 2.39. The molecule has 1 fully saturated rings. The van der Waals surface area contributed by atoms with E-state index in [0.717, 1.165) is 17.6 Å². The van der Waals surface area contributed by atoms with E-state index in [1.165, 1.54) is 24.1 Å². The van der Waals surface area contributed by atoms with Crippen LogP contribution in [0.5, 0.6) is 5.75 Å². The minimum absolute atomic E-state index is 0.114. The molecule has 0 saturated carbocycles. The van der Waals surface area contributed by atoms with Gasteiger partial charge in [0, 0.05) is 24.2 Å². The number of rotatable bonds is 7. The predicted octanol–water partition coefficient (Wildman–Crippen LogP) is 3.19. The maximum Gasteiger partial charge on any atom is 0.421 e. The first-order valence-electron chi connectivity index (χ1n) is 11.0. The summed E-state index contributed by atoms with van der Waals surface area (Å²) in [6.07, 6.45) is -0.706. The molecule has 0 radical (unpaired) electrons. The number of nitrogens with zero attached hydrogens (tertiary/aromatic N) is 2. The first-order chi connectivity index (χ1) is 17.1. The van der Waals surface area contributed by atoms with Crippen molar-refractivity contribution in [3.8, 4) is 5.75 Å². The lowest BCUT2D eigenvalue weighted by Crippen LogP contribution is -2.49. The largest absolute Gasteiger partial charge is 0.496 e. The topological polar surface area (TPSA) is 162 Å². The third-order valence-corrected chi connectivity index (χ3v) is 7.51. The molecule has 1 aromatic heterocycles. The minimum atomic E-state index is -3.99. The molecule has 2 aromatic rings. The summed E-state index contributed by atoms with van der Waals surface area (Å²) in [5.41, 5.74) is 1.13. The summed E-state index contributed by atoms with van der Waals surface area (Å²) in [6.45, 7) is 5.53. The second-order valence-electron chi connectivity index (χ2n) is 9.40. The van der Waals surface area contributed by atoms with Crippen LogP contribution in [0.25, 0.3) is 0 Å². The number of hydrogen-bond acceptors (Lipinski definition) is 8. The van der Waals surface area contributed by atoms with Gasteiger partial charge in [0.25, 0.3) is 5.91 Å². The predicted molar refractivity (Wildman–Crippen MR) is 138 cm³/mol. The van der Waals surface area contributed by atoms with Crippen LogP contribution < -0.4 is 20.3 Å². The number of hydrogen-bond donors (Lipinski definition) is 3. The summed E-state index contributed by atoms with van der Waals surface area (Å²) in [5, 5.41) is 16.1. The SMILES string of the molecule is COc1c(C(=O)Nc2cc(CN(C(=O)O)S(C)(=O)=O)cs2)cc(N2CCC(=O)NC2=O)cc1C(C)(C)C. The van der Waals surface area contributed by atoms with Crippen molar-refractivity contribution in [2.24, 2.45) is 0 Å². The maximum atomic E-state index is 13.4. The molecule has 37 heavy (non-hydrogen) atoms. The van der Waals surface area contributed by atoms with Gasteiger partial charge in [0.15, 0.2) is 0 Å². The number of ether oxygens (including phenoxy) is 1. The van der Waals surface area contributed by atoms with Crippen molar-refractivity contribution in [2.45, 2.75) is 39.2 Å². The van der Waals surface area contributed by atoms with Crippen LogP contribution in [0.15, 0.2) is 23.6 Å². The Balaban J connectivity index is 1.96. The smallest absolute Gasteiger partial charge is 0.421 e. The number of sulfonamides is 1. The van der Waals surface area contributed by atoms with E-state index in [1.807, 2.05) is 20.8 Å². The van der Waals surface area contributed by atoms with Crippen molar-refractivity contribution in [3.63, 3.8) is 0 Å². The molecule has 0 spiro atoms. The van der Waals surface area contributed by atoms with Crippen molar-refractivity contribution in [1.82, 2.24) is 9.62 Å². The zero-order valence-corrected chi connectivity index (χ0v) is 22.6. The molecule has 0 bridgehead atoms. The fraction of sp³-hybridized carbons (Fsp3) is 0.391. The van der Waals surface area contributed by atoms with E-state index in [0.29, 0.717) is 31.9 Å². The summed E-state index contributed by atoms with van der Waals surface area (Å²) in [5.74, 6) is -0.618. The summed E-state index contributed by atoms with van der Waals surface area (Å²) in [7, 11) is -2.56. The zero-order valence-electron chi connectivity index (χ0n) is 20.9. The number of anilines is 2. The number of benzene rings is 1. The molecule has 0 unspecified atom stereocenters. The van der Waals surface area contributed by atoms with Gasteiger partial charge in [-0.05, 0) is 34.6 Å². The Morgan fingerprint density at radius 3 is 2.46 bits per heavy atom. The highest BCUT2D eigenvalue weighted by Gasteiger charge is 2.30.